The average Bonchev–Trinajstić information content (AvgIpc) is 2.99. The lowest BCUT2D eigenvalue weighted by Crippen LogP contribution is -2.32. The Kier molecular flexibility index (Phi) is 4.86. The van der Waals surface area contributed by atoms with Gasteiger partial charge in [-0.2, -0.15) is 0 Å². The maximum Gasteiger partial charge on any atom is 0.414 e. The number of hydrogen-bond donors (Lipinski definition) is 0. The Labute approximate surface area is 143 Å². The van der Waals surface area contributed by atoms with Crippen LogP contribution in [0.25, 0.3) is 11.1 Å². The van der Waals surface area contributed by atoms with Crippen molar-refractivity contribution in [2.75, 3.05) is 32.1 Å². The number of likely N-dealkylation sites (tertiary alicyclic amines) is 1. The first-order valence-corrected chi connectivity index (χ1v) is 8.33. The normalized spacial score (nSPS) is 17.7. The van der Waals surface area contributed by atoms with Crippen molar-refractivity contribution in [2.45, 2.75) is 19.4 Å². The van der Waals surface area contributed by atoms with E-state index in [4.69, 9.17) is 4.74 Å². The van der Waals surface area contributed by atoms with E-state index in [2.05, 4.69) is 30.0 Å². The van der Waals surface area contributed by atoms with E-state index < -0.39 is 0 Å². The minimum atomic E-state index is -0.296. The summed E-state index contributed by atoms with van der Waals surface area (Å²) < 4.78 is 5.66. The number of amides is 1. The Morgan fingerprint density at radius 2 is 2.00 bits per heavy atom. The molecule has 4 heteroatoms. The molecular weight excluding hydrogens is 300 g/mol. The SMILES string of the molecule is Cc1cccc(-c2ccccc2N(C)C(=O)O[C@H]2CCN(C)C2)c1. The van der Waals surface area contributed by atoms with Gasteiger partial charge in [0.15, 0.2) is 0 Å². The van der Waals surface area contributed by atoms with Crippen LogP contribution in [-0.4, -0.2) is 44.3 Å². The summed E-state index contributed by atoms with van der Waals surface area (Å²) in [4.78, 5) is 16.3. The van der Waals surface area contributed by atoms with Gasteiger partial charge in [0.05, 0.1) is 5.69 Å². The fourth-order valence-corrected chi connectivity index (χ4v) is 3.13. The number of carbonyl (C=O) groups excluding carboxylic acids is 1. The van der Waals surface area contributed by atoms with Crippen LogP contribution in [0.15, 0.2) is 48.5 Å². The number of rotatable bonds is 3. The highest BCUT2D eigenvalue weighted by molar-refractivity contribution is 5.93. The molecule has 1 aliphatic rings. The van der Waals surface area contributed by atoms with Gasteiger partial charge in [0, 0.05) is 25.7 Å². The van der Waals surface area contributed by atoms with Crippen LogP contribution >= 0.6 is 0 Å². The molecule has 1 amide bonds. The molecule has 0 radical (unpaired) electrons. The molecule has 0 unspecified atom stereocenters. The lowest BCUT2D eigenvalue weighted by Gasteiger charge is -2.22. The van der Waals surface area contributed by atoms with Gasteiger partial charge in [-0.1, -0.05) is 48.0 Å². The van der Waals surface area contributed by atoms with Gasteiger partial charge < -0.3 is 9.64 Å². The molecule has 0 spiro atoms. The van der Waals surface area contributed by atoms with Crippen molar-refractivity contribution in [3.8, 4) is 11.1 Å². The zero-order chi connectivity index (χ0) is 17.1. The van der Waals surface area contributed by atoms with Gasteiger partial charge in [-0.05, 0) is 32.0 Å². The molecule has 2 aromatic rings. The first-order chi connectivity index (χ1) is 11.5. The summed E-state index contributed by atoms with van der Waals surface area (Å²) in [6.45, 7) is 3.85. The number of likely N-dealkylation sites (N-methyl/N-ethyl adjacent to an activating group) is 1. The molecule has 0 saturated carbocycles. The van der Waals surface area contributed by atoms with E-state index >= 15 is 0 Å². The summed E-state index contributed by atoms with van der Waals surface area (Å²) in [7, 11) is 3.82. The van der Waals surface area contributed by atoms with Crippen LogP contribution in [0.2, 0.25) is 0 Å². The molecule has 1 aliphatic heterocycles. The fraction of sp³-hybridized carbons (Fsp3) is 0.350. The highest BCUT2D eigenvalue weighted by Gasteiger charge is 2.25. The second-order valence-electron chi connectivity index (χ2n) is 6.50. The maximum absolute atomic E-state index is 12.5. The van der Waals surface area contributed by atoms with Crippen LogP contribution in [0.1, 0.15) is 12.0 Å². The Morgan fingerprint density at radius 1 is 1.21 bits per heavy atom. The number of nitrogens with zero attached hydrogens (tertiary/aromatic N) is 2. The van der Waals surface area contributed by atoms with Crippen molar-refractivity contribution in [3.05, 3.63) is 54.1 Å². The number of carbonyl (C=O) groups is 1. The Hall–Kier alpha value is -2.33. The zero-order valence-electron chi connectivity index (χ0n) is 14.5. The third-order valence-electron chi connectivity index (χ3n) is 4.48. The lowest BCUT2D eigenvalue weighted by atomic mass is 10.0. The second kappa shape index (κ2) is 7.05. The van der Waals surface area contributed by atoms with Gasteiger partial charge in [-0.25, -0.2) is 4.79 Å². The molecule has 3 rings (SSSR count). The van der Waals surface area contributed by atoms with E-state index in [-0.39, 0.29) is 12.2 Å². The van der Waals surface area contributed by atoms with Gasteiger partial charge in [-0.15, -0.1) is 0 Å². The Morgan fingerprint density at radius 3 is 2.71 bits per heavy atom. The number of anilines is 1. The maximum atomic E-state index is 12.5. The van der Waals surface area contributed by atoms with Gasteiger partial charge >= 0.3 is 6.09 Å². The van der Waals surface area contributed by atoms with Gasteiger partial charge in [0.2, 0.25) is 0 Å². The highest BCUT2D eigenvalue weighted by atomic mass is 16.6. The van der Waals surface area contributed by atoms with E-state index in [1.54, 1.807) is 11.9 Å². The van der Waals surface area contributed by atoms with Crippen LogP contribution in [0.4, 0.5) is 10.5 Å². The molecule has 1 saturated heterocycles. The summed E-state index contributed by atoms with van der Waals surface area (Å²) >= 11 is 0. The molecular formula is C20H24N2O2. The van der Waals surface area contributed by atoms with Gasteiger partial charge in [0.25, 0.3) is 0 Å². The standard InChI is InChI=1S/C20H24N2O2/c1-15-7-6-8-16(13-15)18-9-4-5-10-19(18)22(3)20(23)24-17-11-12-21(2)14-17/h4-10,13,17H,11-12,14H2,1-3H3/t17-/m0/s1. The summed E-state index contributed by atoms with van der Waals surface area (Å²) in [5.41, 5.74) is 4.19. The van der Waals surface area contributed by atoms with Crippen LogP contribution < -0.4 is 4.90 Å². The van der Waals surface area contributed by atoms with E-state index in [0.29, 0.717) is 0 Å². The van der Waals surface area contributed by atoms with E-state index in [0.717, 1.165) is 36.3 Å². The summed E-state index contributed by atoms with van der Waals surface area (Å²) in [6.07, 6.45) is 0.585. The molecule has 0 bridgehead atoms. The summed E-state index contributed by atoms with van der Waals surface area (Å²) in [5, 5.41) is 0. The minimum absolute atomic E-state index is 0.0175. The third kappa shape index (κ3) is 3.60. The number of para-hydroxylation sites is 1. The predicted octanol–water partition coefficient (Wildman–Crippen LogP) is 3.94. The Balaban J connectivity index is 1.82. The molecule has 1 atom stereocenters. The number of hydrogen-bond acceptors (Lipinski definition) is 3. The molecule has 4 nitrogen and oxygen atoms in total. The molecule has 0 N–H and O–H groups in total. The molecule has 126 valence electrons. The third-order valence-corrected chi connectivity index (χ3v) is 4.48. The topological polar surface area (TPSA) is 32.8 Å². The highest BCUT2D eigenvalue weighted by Crippen LogP contribution is 2.31. The van der Waals surface area contributed by atoms with E-state index in [1.165, 1.54) is 5.56 Å². The molecule has 0 aromatic heterocycles. The Bertz CT molecular complexity index is 729. The molecule has 24 heavy (non-hydrogen) atoms. The second-order valence-corrected chi connectivity index (χ2v) is 6.50. The minimum Gasteiger partial charge on any atom is -0.444 e. The lowest BCUT2D eigenvalue weighted by molar-refractivity contribution is 0.110. The number of aryl methyl sites for hydroxylation is 1. The zero-order valence-corrected chi connectivity index (χ0v) is 14.5. The average molecular weight is 324 g/mol. The van der Waals surface area contributed by atoms with Crippen LogP contribution in [-0.2, 0) is 4.74 Å². The summed E-state index contributed by atoms with van der Waals surface area (Å²) in [6, 6.07) is 16.2. The molecule has 1 heterocycles. The number of ether oxygens (including phenoxy) is 1. The smallest absolute Gasteiger partial charge is 0.414 e. The van der Waals surface area contributed by atoms with Crippen LogP contribution in [0.5, 0.6) is 0 Å². The fourth-order valence-electron chi connectivity index (χ4n) is 3.13. The van der Waals surface area contributed by atoms with Crippen molar-refractivity contribution >= 4 is 11.8 Å². The molecule has 2 aromatic carbocycles. The molecule has 0 aliphatic carbocycles. The van der Waals surface area contributed by atoms with Crippen molar-refractivity contribution in [2.24, 2.45) is 0 Å². The van der Waals surface area contributed by atoms with Crippen molar-refractivity contribution < 1.29 is 9.53 Å². The van der Waals surface area contributed by atoms with Crippen LogP contribution in [0.3, 0.4) is 0 Å². The first kappa shape index (κ1) is 16.5. The van der Waals surface area contributed by atoms with Crippen LogP contribution in [0, 0.1) is 6.92 Å². The number of benzene rings is 2. The van der Waals surface area contributed by atoms with Crippen molar-refractivity contribution in [1.29, 1.82) is 0 Å². The summed E-state index contributed by atoms with van der Waals surface area (Å²) in [5.74, 6) is 0. The first-order valence-electron chi connectivity index (χ1n) is 8.33. The van der Waals surface area contributed by atoms with Gasteiger partial charge in [0.1, 0.15) is 6.10 Å². The largest absolute Gasteiger partial charge is 0.444 e. The predicted molar refractivity (Wildman–Crippen MR) is 97.4 cm³/mol. The van der Waals surface area contributed by atoms with Crippen molar-refractivity contribution in [1.82, 2.24) is 4.90 Å². The molecule has 1 fully saturated rings. The monoisotopic (exact) mass is 324 g/mol. The van der Waals surface area contributed by atoms with Crippen molar-refractivity contribution in [3.63, 3.8) is 0 Å². The van der Waals surface area contributed by atoms with E-state index in [1.807, 2.05) is 37.4 Å². The quantitative estimate of drug-likeness (QED) is 0.857. The van der Waals surface area contributed by atoms with Gasteiger partial charge in [-0.3, -0.25) is 4.90 Å². The van der Waals surface area contributed by atoms with E-state index in [9.17, 15) is 4.79 Å².